The van der Waals surface area contributed by atoms with Crippen molar-refractivity contribution in [2.45, 2.75) is 26.8 Å². The Morgan fingerprint density at radius 1 is 1.03 bits per heavy atom. The number of hydrogen-bond donors (Lipinski definition) is 1. The van der Waals surface area contributed by atoms with Crippen molar-refractivity contribution < 1.29 is 14.3 Å². The topological polar surface area (TPSA) is 90.3 Å². The first-order chi connectivity index (χ1) is 14.5. The zero-order chi connectivity index (χ0) is 21.5. The molecule has 1 amide bonds. The van der Waals surface area contributed by atoms with Crippen LogP contribution >= 0.6 is 0 Å². The minimum Gasteiger partial charge on any atom is -0.462 e. The van der Waals surface area contributed by atoms with Crippen molar-refractivity contribution in [1.82, 2.24) is 9.55 Å². The van der Waals surface area contributed by atoms with Crippen LogP contribution < -0.4 is 10.9 Å². The average molecular weight is 405 g/mol. The van der Waals surface area contributed by atoms with Gasteiger partial charge in [0.1, 0.15) is 12.4 Å². The van der Waals surface area contributed by atoms with Crippen LogP contribution in [0.15, 0.2) is 65.5 Å². The van der Waals surface area contributed by atoms with Crippen LogP contribution in [0.5, 0.6) is 0 Å². The lowest BCUT2D eigenvalue weighted by atomic mass is 10.2. The van der Waals surface area contributed by atoms with Crippen LogP contribution in [-0.4, -0.2) is 28.0 Å². The molecule has 7 nitrogen and oxygen atoms in total. The van der Waals surface area contributed by atoms with E-state index in [1.165, 1.54) is 10.6 Å². The number of aromatic nitrogens is 2. The van der Waals surface area contributed by atoms with Gasteiger partial charge in [-0.1, -0.05) is 37.3 Å². The number of aryl methyl sites for hydroxylation is 1. The molecule has 0 aliphatic rings. The lowest BCUT2D eigenvalue weighted by Gasteiger charge is -2.13. The van der Waals surface area contributed by atoms with Gasteiger partial charge in [0, 0.05) is 23.0 Å². The van der Waals surface area contributed by atoms with E-state index in [0.29, 0.717) is 35.8 Å². The Bertz CT molecular complexity index is 1090. The molecule has 3 aromatic rings. The Hall–Kier alpha value is -3.74. The molecule has 2 aromatic carbocycles. The van der Waals surface area contributed by atoms with Crippen LogP contribution in [0.1, 0.15) is 29.9 Å². The molecule has 30 heavy (non-hydrogen) atoms. The van der Waals surface area contributed by atoms with Gasteiger partial charge in [0.2, 0.25) is 5.91 Å². The molecule has 154 valence electrons. The number of nitrogens with zero attached hydrogens (tertiary/aromatic N) is 2. The SMILES string of the molecule is CCOC(=O)c1ccc(NC(=O)Cn2c(-c3ccccc3)nc(CC)cc2=O)cc1. The third-order valence-electron chi connectivity index (χ3n) is 4.44. The Morgan fingerprint density at radius 3 is 2.37 bits per heavy atom. The van der Waals surface area contributed by atoms with E-state index in [9.17, 15) is 14.4 Å². The van der Waals surface area contributed by atoms with Crippen LogP contribution in [0.3, 0.4) is 0 Å². The number of carbonyl (C=O) groups is 2. The van der Waals surface area contributed by atoms with Crippen LogP contribution in [-0.2, 0) is 22.5 Å². The fraction of sp³-hybridized carbons (Fsp3) is 0.217. The van der Waals surface area contributed by atoms with Crippen LogP contribution in [0.4, 0.5) is 5.69 Å². The van der Waals surface area contributed by atoms with Crippen molar-refractivity contribution in [3.05, 3.63) is 82.3 Å². The number of nitrogens with one attached hydrogen (secondary N) is 1. The van der Waals surface area contributed by atoms with Gasteiger partial charge in [-0.05, 0) is 37.6 Å². The van der Waals surface area contributed by atoms with Gasteiger partial charge in [0.15, 0.2) is 0 Å². The number of esters is 1. The highest BCUT2D eigenvalue weighted by molar-refractivity contribution is 5.93. The van der Waals surface area contributed by atoms with Crippen molar-refractivity contribution in [2.24, 2.45) is 0 Å². The summed E-state index contributed by atoms with van der Waals surface area (Å²) in [6, 6.07) is 17.1. The number of hydrogen-bond acceptors (Lipinski definition) is 5. The van der Waals surface area contributed by atoms with Crippen LogP contribution in [0.2, 0.25) is 0 Å². The largest absolute Gasteiger partial charge is 0.462 e. The number of rotatable bonds is 7. The minimum absolute atomic E-state index is 0.181. The highest BCUT2D eigenvalue weighted by Crippen LogP contribution is 2.16. The number of amides is 1. The predicted molar refractivity (Wildman–Crippen MR) is 114 cm³/mol. The summed E-state index contributed by atoms with van der Waals surface area (Å²) in [5.41, 5.74) is 2.06. The van der Waals surface area contributed by atoms with Crippen molar-refractivity contribution >= 4 is 17.6 Å². The van der Waals surface area contributed by atoms with E-state index in [1.807, 2.05) is 37.3 Å². The minimum atomic E-state index is -0.420. The molecule has 0 fully saturated rings. The van der Waals surface area contributed by atoms with Gasteiger partial charge < -0.3 is 10.1 Å². The molecule has 0 spiro atoms. The summed E-state index contributed by atoms with van der Waals surface area (Å²) in [4.78, 5) is 41.5. The molecule has 0 aliphatic heterocycles. The maximum atomic E-state index is 12.7. The van der Waals surface area contributed by atoms with Crippen LogP contribution in [0, 0.1) is 0 Å². The molecule has 0 saturated carbocycles. The highest BCUT2D eigenvalue weighted by Gasteiger charge is 2.14. The lowest BCUT2D eigenvalue weighted by molar-refractivity contribution is -0.116. The summed E-state index contributed by atoms with van der Waals surface area (Å²) in [7, 11) is 0. The monoisotopic (exact) mass is 405 g/mol. The van der Waals surface area contributed by atoms with Gasteiger partial charge in [-0.25, -0.2) is 9.78 Å². The standard InChI is InChI=1S/C23H23N3O4/c1-3-18-14-21(28)26(22(25-18)16-8-6-5-7-9-16)15-20(27)24-19-12-10-17(11-13-19)23(29)30-4-2/h5-14H,3-4,15H2,1-2H3,(H,24,27). The molecular formula is C23H23N3O4. The van der Waals surface area contributed by atoms with Crippen molar-refractivity contribution in [2.75, 3.05) is 11.9 Å². The van der Waals surface area contributed by atoms with E-state index < -0.39 is 5.97 Å². The molecule has 0 bridgehead atoms. The molecule has 0 atom stereocenters. The van der Waals surface area contributed by atoms with Gasteiger partial charge in [0.25, 0.3) is 5.56 Å². The highest BCUT2D eigenvalue weighted by atomic mass is 16.5. The zero-order valence-electron chi connectivity index (χ0n) is 16.9. The Labute approximate surface area is 174 Å². The van der Waals surface area contributed by atoms with Gasteiger partial charge in [-0.3, -0.25) is 14.2 Å². The second kappa shape index (κ2) is 9.65. The van der Waals surface area contributed by atoms with E-state index in [2.05, 4.69) is 10.3 Å². The van der Waals surface area contributed by atoms with Crippen molar-refractivity contribution in [3.63, 3.8) is 0 Å². The third-order valence-corrected chi connectivity index (χ3v) is 4.44. The lowest BCUT2D eigenvalue weighted by Crippen LogP contribution is -2.30. The molecule has 0 unspecified atom stereocenters. The first-order valence-electron chi connectivity index (χ1n) is 9.75. The Morgan fingerprint density at radius 2 is 1.73 bits per heavy atom. The molecular weight excluding hydrogens is 382 g/mol. The molecule has 1 aromatic heterocycles. The van der Waals surface area contributed by atoms with Gasteiger partial charge >= 0.3 is 5.97 Å². The maximum absolute atomic E-state index is 12.7. The second-order valence-electron chi connectivity index (χ2n) is 6.56. The Balaban J connectivity index is 1.81. The summed E-state index contributed by atoms with van der Waals surface area (Å²) in [6.45, 7) is 3.77. The quantitative estimate of drug-likeness (QED) is 0.609. The van der Waals surface area contributed by atoms with Crippen molar-refractivity contribution in [3.8, 4) is 11.4 Å². The number of carbonyl (C=O) groups excluding carboxylic acids is 2. The number of ether oxygens (including phenoxy) is 1. The molecule has 1 N–H and O–H groups in total. The van der Waals surface area contributed by atoms with E-state index in [1.54, 1.807) is 31.2 Å². The molecule has 0 radical (unpaired) electrons. The van der Waals surface area contributed by atoms with E-state index in [4.69, 9.17) is 4.74 Å². The van der Waals surface area contributed by atoms with Crippen LogP contribution in [0.25, 0.3) is 11.4 Å². The summed E-state index contributed by atoms with van der Waals surface area (Å²) < 4.78 is 6.30. The molecule has 3 rings (SSSR count). The van der Waals surface area contributed by atoms with Gasteiger partial charge in [0.05, 0.1) is 12.2 Å². The summed E-state index contributed by atoms with van der Waals surface area (Å²) >= 11 is 0. The number of anilines is 1. The first kappa shape index (κ1) is 21.0. The maximum Gasteiger partial charge on any atom is 0.338 e. The van der Waals surface area contributed by atoms with Gasteiger partial charge in [-0.15, -0.1) is 0 Å². The predicted octanol–water partition coefficient (Wildman–Crippen LogP) is 3.29. The normalized spacial score (nSPS) is 10.5. The average Bonchev–Trinajstić information content (AvgIpc) is 2.76. The Kier molecular flexibility index (Phi) is 6.75. The molecule has 7 heteroatoms. The fourth-order valence-corrected chi connectivity index (χ4v) is 2.94. The summed E-state index contributed by atoms with van der Waals surface area (Å²) in [5, 5.41) is 2.74. The zero-order valence-corrected chi connectivity index (χ0v) is 16.9. The molecule has 0 aliphatic carbocycles. The summed E-state index contributed by atoms with van der Waals surface area (Å²) in [6.07, 6.45) is 0.620. The number of benzene rings is 2. The van der Waals surface area contributed by atoms with E-state index >= 15 is 0 Å². The van der Waals surface area contributed by atoms with E-state index in [-0.39, 0.29) is 18.0 Å². The second-order valence-corrected chi connectivity index (χ2v) is 6.56. The molecule has 1 heterocycles. The van der Waals surface area contributed by atoms with Crippen molar-refractivity contribution in [1.29, 1.82) is 0 Å². The third kappa shape index (κ3) is 5.00. The fourth-order valence-electron chi connectivity index (χ4n) is 2.94. The smallest absolute Gasteiger partial charge is 0.338 e. The summed E-state index contributed by atoms with van der Waals surface area (Å²) in [5.74, 6) is -0.339. The first-order valence-corrected chi connectivity index (χ1v) is 9.75. The van der Waals surface area contributed by atoms with E-state index in [0.717, 1.165) is 5.56 Å². The molecule has 0 saturated heterocycles. The van der Waals surface area contributed by atoms with Gasteiger partial charge in [-0.2, -0.15) is 0 Å².